The minimum Gasteiger partial charge on any atom is -0.384 e. The predicted molar refractivity (Wildman–Crippen MR) is 77.3 cm³/mol. The van der Waals surface area contributed by atoms with Gasteiger partial charge in [-0.3, -0.25) is 4.79 Å². The highest BCUT2D eigenvalue weighted by Gasteiger charge is 2.11. The average Bonchev–Trinajstić information content (AvgIpc) is 2.47. The van der Waals surface area contributed by atoms with Crippen molar-refractivity contribution in [2.75, 3.05) is 11.9 Å². The summed E-state index contributed by atoms with van der Waals surface area (Å²) < 4.78 is 0. The van der Waals surface area contributed by atoms with Crippen LogP contribution in [0.2, 0.25) is 0 Å². The Morgan fingerprint density at radius 1 is 1.30 bits per heavy atom. The molecular formula is C16H14N2O2. The van der Waals surface area contributed by atoms with Crippen molar-refractivity contribution in [1.29, 1.82) is 0 Å². The first-order chi connectivity index (χ1) is 9.72. The summed E-state index contributed by atoms with van der Waals surface area (Å²) in [4.78, 5) is 16.4. The summed E-state index contributed by atoms with van der Waals surface area (Å²) in [5, 5.41) is 11.5. The van der Waals surface area contributed by atoms with Crippen molar-refractivity contribution in [3.8, 4) is 11.8 Å². The number of aliphatic hydroxyl groups is 1. The molecule has 0 fully saturated rings. The third-order valence-corrected chi connectivity index (χ3v) is 2.72. The number of nitrogens with zero attached hydrogens (tertiary/aromatic N) is 1. The maximum absolute atomic E-state index is 12.3. The lowest BCUT2D eigenvalue weighted by molar-refractivity contribution is 0.102. The van der Waals surface area contributed by atoms with Crippen LogP contribution in [0.5, 0.6) is 0 Å². The fourth-order valence-electron chi connectivity index (χ4n) is 1.72. The summed E-state index contributed by atoms with van der Waals surface area (Å²) >= 11 is 0. The van der Waals surface area contributed by atoms with Crippen molar-refractivity contribution in [3.05, 3.63) is 59.3 Å². The van der Waals surface area contributed by atoms with E-state index in [0.29, 0.717) is 16.9 Å². The molecule has 20 heavy (non-hydrogen) atoms. The first-order valence-corrected chi connectivity index (χ1v) is 6.14. The monoisotopic (exact) mass is 266 g/mol. The normalized spacial score (nSPS) is 9.50. The van der Waals surface area contributed by atoms with Crippen molar-refractivity contribution in [2.45, 2.75) is 6.92 Å². The highest BCUT2D eigenvalue weighted by molar-refractivity contribution is 6.05. The molecule has 4 heteroatoms. The quantitative estimate of drug-likeness (QED) is 0.817. The molecule has 4 nitrogen and oxygen atoms in total. The van der Waals surface area contributed by atoms with Crippen LogP contribution in [0.25, 0.3) is 0 Å². The predicted octanol–water partition coefficient (Wildman–Crippen LogP) is 1.99. The summed E-state index contributed by atoms with van der Waals surface area (Å²) in [5.41, 5.74) is 1.92. The number of carbonyl (C=O) groups excluding carboxylic acids is 1. The molecule has 1 heterocycles. The van der Waals surface area contributed by atoms with Crippen LogP contribution in [0.3, 0.4) is 0 Å². The smallest absolute Gasteiger partial charge is 0.258 e. The van der Waals surface area contributed by atoms with Crippen LogP contribution in [0.15, 0.2) is 42.6 Å². The molecular weight excluding hydrogens is 252 g/mol. The van der Waals surface area contributed by atoms with Gasteiger partial charge in [0.05, 0.1) is 5.56 Å². The number of hydrogen-bond donors (Lipinski definition) is 2. The summed E-state index contributed by atoms with van der Waals surface area (Å²) in [6.45, 7) is 1.63. The lowest BCUT2D eigenvalue weighted by Gasteiger charge is -2.08. The Morgan fingerprint density at radius 3 is 2.85 bits per heavy atom. The molecule has 0 saturated heterocycles. The van der Waals surface area contributed by atoms with Crippen molar-refractivity contribution in [3.63, 3.8) is 0 Å². The number of aliphatic hydroxyl groups excluding tert-OH is 1. The minimum atomic E-state index is -0.269. The van der Waals surface area contributed by atoms with Crippen molar-refractivity contribution in [1.82, 2.24) is 4.98 Å². The Balaban J connectivity index is 2.28. The van der Waals surface area contributed by atoms with E-state index >= 15 is 0 Å². The number of aromatic nitrogens is 1. The number of rotatable bonds is 2. The highest BCUT2D eigenvalue weighted by Crippen LogP contribution is 2.13. The zero-order valence-electron chi connectivity index (χ0n) is 11.1. The molecule has 2 rings (SSSR count). The molecule has 2 aromatic rings. The molecule has 0 unspecified atom stereocenters. The Bertz CT molecular complexity index is 684. The molecule has 0 atom stereocenters. The number of aryl methyl sites for hydroxylation is 1. The van der Waals surface area contributed by atoms with Gasteiger partial charge in [-0.15, -0.1) is 0 Å². The van der Waals surface area contributed by atoms with Gasteiger partial charge in [0, 0.05) is 11.8 Å². The molecule has 0 saturated carbocycles. The van der Waals surface area contributed by atoms with Gasteiger partial charge in [-0.2, -0.15) is 0 Å². The topological polar surface area (TPSA) is 62.2 Å². The number of carbonyl (C=O) groups is 1. The molecule has 0 aliphatic heterocycles. The van der Waals surface area contributed by atoms with Gasteiger partial charge in [0.25, 0.3) is 5.91 Å². The maximum Gasteiger partial charge on any atom is 0.258 e. The SMILES string of the molecule is Cc1cccnc1NC(=O)c1ccccc1C#CCO. The van der Waals surface area contributed by atoms with Gasteiger partial charge in [0.1, 0.15) is 12.4 Å². The van der Waals surface area contributed by atoms with E-state index in [-0.39, 0.29) is 12.5 Å². The maximum atomic E-state index is 12.3. The van der Waals surface area contributed by atoms with Crippen LogP contribution in [-0.2, 0) is 0 Å². The number of amides is 1. The molecule has 0 aliphatic rings. The van der Waals surface area contributed by atoms with Crippen molar-refractivity contribution < 1.29 is 9.90 Å². The van der Waals surface area contributed by atoms with Crippen molar-refractivity contribution >= 4 is 11.7 Å². The number of benzene rings is 1. The second kappa shape index (κ2) is 6.50. The Morgan fingerprint density at radius 2 is 2.10 bits per heavy atom. The molecule has 100 valence electrons. The Hall–Kier alpha value is -2.64. The zero-order chi connectivity index (χ0) is 14.4. The van der Waals surface area contributed by atoms with E-state index < -0.39 is 0 Å². The van der Waals surface area contributed by atoms with Gasteiger partial charge in [-0.1, -0.05) is 30.0 Å². The third-order valence-electron chi connectivity index (χ3n) is 2.72. The summed E-state index contributed by atoms with van der Waals surface area (Å²) in [7, 11) is 0. The van der Waals surface area contributed by atoms with E-state index in [9.17, 15) is 4.79 Å². The molecule has 2 N–H and O–H groups in total. The van der Waals surface area contributed by atoms with Crippen LogP contribution in [-0.4, -0.2) is 22.6 Å². The molecule has 1 aromatic carbocycles. The van der Waals surface area contributed by atoms with E-state index in [0.717, 1.165) is 5.56 Å². The molecule has 0 bridgehead atoms. The molecule has 0 radical (unpaired) electrons. The number of hydrogen-bond acceptors (Lipinski definition) is 3. The second-order valence-electron chi connectivity index (χ2n) is 4.13. The van der Waals surface area contributed by atoms with Crippen LogP contribution in [0.1, 0.15) is 21.5 Å². The Labute approximate surface area is 117 Å². The second-order valence-corrected chi connectivity index (χ2v) is 4.13. The summed E-state index contributed by atoms with van der Waals surface area (Å²) in [5.74, 6) is 5.57. The van der Waals surface area contributed by atoms with Gasteiger partial charge < -0.3 is 10.4 Å². The number of nitrogens with one attached hydrogen (secondary N) is 1. The van der Waals surface area contributed by atoms with E-state index in [1.165, 1.54) is 0 Å². The van der Waals surface area contributed by atoms with Crippen LogP contribution < -0.4 is 5.32 Å². The highest BCUT2D eigenvalue weighted by atomic mass is 16.2. The first kappa shape index (κ1) is 13.8. The number of pyridine rings is 1. The van der Waals surface area contributed by atoms with Gasteiger partial charge >= 0.3 is 0 Å². The third kappa shape index (κ3) is 3.22. The summed E-state index contributed by atoms with van der Waals surface area (Å²) in [6, 6.07) is 10.7. The first-order valence-electron chi connectivity index (χ1n) is 6.14. The van der Waals surface area contributed by atoms with Crippen LogP contribution >= 0.6 is 0 Å². The van der Waals surface area contributed by atoms with E-state index in [2.05, 4.69) is 22.1 Å². The Kier molecular flexibility index (Phi) is 4.48. The summed E-state index contributed by atoms with van der Waals surface area (Å²) in [6.07, 6.45) is 1.63. The molecule has 0 spiro atoms. The standard InChI is InChI=1S/C16H14N2O2/c1-12-6-4-10-17-15(12)18-16(20)14-9-3-2-7-13(14)8-5-11-19/h2-4,6-7,9-10,19H,11H2,1H3,(H,17,18,20). The van der Waals surface area contributed by atoms with E-state index in [1.54, 1.807) is 30.5 Å². The lowest BCUT2D eigenvalue weighted by Crippen LogP contribution is -2.15. The van der Waals surface area contributed by atoms with E-state index in [1.807, 2.05) is 19.1 Å². The van der Waals surface area contributed by atoms with Crippen LogP contribution in [0, 0.1) is 18.8 Å². The van der Waals surface area contributed by atoms with Gasteiger partial charge in [-0.05, 0) is 30.7 Å². The minimum absolute atomic E-state index is 0.241. The van der Waals surface area contributed by atoms with Gasteiger partial charge in [-0.25, -0.2) is 4.98 Å². The zero-order valence-corrected chi connectivity index (χ0v) is 11.1. The lowest BCUT2D eigenvalue weighted by atomic mass is 10.1. The van der Waals surface area contributed by atoms with Crippen molar-refractivity contribution in [2.24, 2.45) is 0 Å². The molecule has 0 aliphatic carbocycles. The molecule has 1 amide bonds. The average molecular weight is 266 g/mol. The fourth-order valence-corrected chi connectivity index (χ4v) is 1.72. The largest absolute Gasteiger partial charge is 0.384 e. The van der Waals surface area contributed by atoms with Gasteiger partial charge in [0.2, 0.25) is 0 Å². The molecule has 1 aromatic heterocycles. The van der Waals surface area contributed by atoms with Gasteiger partial charge in [0.15, 0.2) is 0 Å². The fraction of sp³-hybridized carbons (Fsp3) is 0.125. The van der Waals surface area contributed by atoms with Crippen LogP contribution in [0.4, 0.5) is 5.82 Å². The number of anilines is 1. The van der Waals surface area contributed by atoms with E-state index in [4.69, 9.17) is 5.11 Å².